The predicted octanol–water partition coefficient (Wildman–Crippen LogP) is 4.06. The number of aromatic nitrogens is 2. The molecule has 3 nitrogen and oxygen atoms in total. The van der Waals surface area contributed by atoms with E-state index in [1.807, 2.05) is 43.6 Å². The minimum absolute atomic E-state index is 0.984. The molecule has 0 spiro atoms. The molecule has 0 saturated carbocycles. The Morgan fingerprint density at radius 2 is 1.89 bits per heavy atom. The molecule has 94 valence electrons. The number of nitrogens with zero attached hydrogens (tertiary/aromatic N) is 2. The second-order valence-electron chi connectivity index (χ2n) is 4.22. The Hall–Kier alpha value is -2.07. The van der Waals surface area contributed by atoms with Crippen LogP contribution in [0.15, 0.2) is 59.8 Å². The highest BCUT2D eigenvalue weighted by molar-refractivity contribution is 8.00. The lowest BCUT2D eigenvalue weighted by Crippen LogP contribution is -1.90. The van der Waals surface area contributed by atoms with Crippen LogP contribution < -0.4 is 4.72 Å². The number of fused-ring (bicyclic) bond motifs is 1. The number of para-hydroxylation sites is 1. The van der Waals surface area contributed by atoms with Gasteiger partial charge < -0.3 is 4.72 Å². The Morgan fingerprint density at radius 1 is 1.00 bits per heavy atom. The van der Waals surface area contributed by atoms with Gasteiger partial charge in [-0.15, -0.1) is 0 Å². The first-order valence-electron chi connectivity index (χ1n) is 6.02. The fourth-order valence-corrected chi connectivity index (χ4v) is 2.45. The molecular weight excluding hydrogens is 254 g/mol. The van der Waals surface area contributed by atoms with Crippen molar-refractivity contribution in [2.24, 2.45) is 0 Å². The van der Waals surface area contributed by atoms with Gasteiger partial charge in [0.15, 0.2) is 0 Å². The van der Waals surface area contributed by atoms with Gasteiger partial charge in [-0.25, -0.2) is 0 Å². The summed E-state index contributed by atoms with van der Waals surface area (Å²) in [5.74, 6) is 0. The molecule has 0 aliphatic carbocycles. The van der Waals surface area contributed by atoms with Gasteiger partial charge in [-0.2, -0.15) is 0 Å². The summed E-state index contributed by atoms with van der Waals surface area (Å²) in [7, 11) is 0. The number of rotatable bonds is 3. The molecule has 3 rings (SSSR count). The Kier molecular flexibility index (Phi) is 3.33. The predicted molar refractivity (Wildman–Crippen MR) is 80.2 cm³/mol. The molecule has 1 aromatic carbocycles. The highest BCUT2D eigenvalue weighted by Gasteiger charge is 2.02. The lowest BCUT2D eigenvalue weighted by molar-refractivity contribution is 1.15. The third-order valence-corrected chi connectivity index (χ3v) is 3.59. The summed E-state index contributed by atoms with van der Waals surface area (Å²) in [6, 6.07) is 14.2. The van der Waals surface area contributed by atoms with Crippen LogP contribution in [0.4, 0.5) is 5.69 Å². The fraction of sp³-hybridized carbons (Fsp3) is 0.0667. The van der Waals surface area contributed by atoms with Crippen LogP contribution in [0.2, 0.25) is 0 Å². The summed E-state index contributed by atoms with van der Waals surface area (Å²) in [4.78, 5) is 9.78. The summed E-state index contributed by atoms with van der Waals surface area (Å²) >= 11 is 1.54. The van der Waals surface area contributed by atoms with E-state index in [1.165, 1.54) is 0 Å². The molecule has 0 radical (unpaired) electrons. The minimum Gasteiger partial charge on any atom is -0.324 e. The monoisotopic (exact) mass is 267 g/mol. The van der Waals surface area contributed by atoms with Gasteiger partial charge in [0.1, 0.15) is 0 Å². The second-order valence-corrected chi connectivity index (χ2v) is 5.10. The van der Waals surface area contributed by atoms with E-state index >= 15 is 0 Å². The molecule has 1 N–H and O–H groups in total. The third kappa shape index (κ3) is 2.69. The maximum absolute atomic E-state index is 4.42. The average molecular weight is 267 g/mol. The van der Waals surface area contributed by atoms with Crippen molar-refractivity contribution in [3.63, 3.8) is 0 Å². The van der Waals surface area contributed by atoms with Crippen LogP contribution in [-0.2, 0) is 0 Å². The molecule has 0 bridgehead atoms. The van der Waals surface area contributed by atoms with Gasteiger partial charge in [-0.3, -0.25) is 9.97 Å². The molecule has 0 aliphatic heterocycles. The van der Waals surface area contributed by atoms with E-state index < -0.39 is 0 Å². The maximum Gasteiger partial charge on any atom is 0.0941 e. The fourth-order valence-electron chi connectivity index (χ4n) is 1.82. The molecule has 2 aromatic heterocycles. The highest BCUT2D eigenvalue weighted by atomic mass is 32.2. The Bertz CT molecular complexity index is 690. The normalized spacial score (nSPS) is 10.6. The van der Waals surface area contributed by atoms with Gasteiger partial charge in [0, 0.05) is 28.4 Å². The lowest BCUT2D eigenvalue weighted by Gasteiger charge is -2.07. The second kappa shape index (κ2) is 5.28. The van der Waals surface area contributed by atoms with Gasteiger partial charge in [0.25, 0.3) is 0 Å². The van der Waals surface area contributed by atoms with Crippen molar-refractivity contribution in [1.29, 1.82) is 0 Å². The molecule has 2 heterocycles. The van der Waals surface area contributed by atoms with Crippen LogP contribution in [-0.4, -0.2) is 9.97 Å². The average Bonchev–Trinajstić information content (AvgIpc) is 2.47. The lowest BCUT2D eigenvalue weighted by atomic mass is 10.2. The first-order valence-corrected chi connectivity index (χ1v) is 6.84. The molecule has 0 aliphatic rings. The Labute approximate surface area is 116 Å². The van der Waals surface area contributed by atoms with E-state index in [2.05, 4.69) is 32.9 Å². The minimum atomic E-state index is 0.984. The van der Waals surface area contributed by atoms with Crippen LogP contribution in [0.3, 0.4) is 0 Å². The Morgan fingerprint density at radius 3 is 2.74 bits per heavy atom. The number of anilines is 1. The Balaban J connectivity index is 1.84. The zero-order chi connectivity index (χ0) is 13.1. The van der Waals surface area contributed by atoms with Crippen molar-refractivity contribution < 1.29 is 0 Å². The maximum atomic E-state index is 4.42. The van der Waals surface area contributed by atoms with Gasteiger partial charge >= 0.3 is 0 Å². The van der Waals surface area contributed by atoms with Crippen molar-refractivity contribution in [3.8, 4) is 0 Å². The van der Waals surface area contributed by atoms with Gasteiger partial charge in [-0.1, -0.05) is 18.2 Å². The number of pyridine rings is 2. The van der Waals surface area contributed by atoms with Crippen LogP contribution in [0.5, 0.6) is 0 Å². The molecule has 0 saturated heterocycles. The largest absolute Gasteiger partial charge is 0.324 e. The molecule has 4 heteroatoms. The van der Waals surface area contributed by atoms with Gasteiger partial charge in [0.05, 0.1) is 11.2 Å². The zero-order valence-electron chi connectivity index (χ0n) is 10.5. The first-order chi connectivity index (χ1) is 9.33. The van der Waals surface area contributed by atoms with E-state index in [-0.39, 0.29) is 0 Å². The van der Waals surface area contributed by atoms with Crippen molar-refractivity contribution in [3.05, 3.63) is 60.6 Å². The number of benzene rings is 1. The number of hydrogen-bond acceptors (Lipinski definition) is 4. The molecule has 0 amide bonds. The smallest absolute Gasteiger partial charge is 0.0941 e. The molecule has 0 atom stereocenters. The van der Waals surface area contributed by atoms with Crippen molar-refractivity contribution >= 4 is 28.5 Å². The van der Waals surface area contributed by atoms with Gasteiger partial charge in [0.2, 0.25) is 0 Å². The molecule has 19 heavy (non-hydrogen) atoms. The molecular formula is C15H13N3S. The topological polar surface area (TPSA) is 37.8 Å². The van der Waals surface area contributed by atoms with E-state index in [1.54, 1.807) is 11.9 Å². The quantitative estimate of drug-likeness (QED) is 0.726. The summed E-state index contributed by atoms with van der Waals surface area (Å²) in [6.45, 7) is 1.98. The van der Waals surface area contributed by atoms with Crippen molar-refractivity contribution in [1.82, 2.24) is 9.97 Å². The summed E-state index contributed by atoms with van der Waals surface area (Å²) in [6.07, 6.45) is 3.68. The summed E-state index contributed by atoms with van der Waals surface area (Å²) in [5, 5.41) is 1.13. The van der Waals surface area contributed by atoms with Crippen LogP contribution in [0.1, 0.15) is 5.69 Å². The van der Waals surface area contributed by atoms with Crippen LogP contribution in [0.25, 0.3) is 10.9 Å². The number of nitrogens with one attached hydrogen (secondary N) is 1. The van der Waals surface area contributed by atoms with E-state index in [0.29, 0.717) is 0 Å². The molecule has 0 unspecified atom stereocenters. The van der Waals surface area contributed by atoms with Crippen molar-refractivity contribution in [2.75, 3.05) is 4.72 Å². The standard InChI is InChI=1S/C15H13N3S/c1-11-7-8-13(10-17-11)19-18-14-6-2-4-12-5-3-9-16-15(12)14/h2-10,18H,1H3. The molecule has 0 fully saturated rings. The van der Waals surface area contributed by atoms with Crippen LogP contribution in [0, 0.1) is 6.92 Å². The zero-order valence-corrected chi connectivity index (χ0v) is 11.3. The third-order valence-electron chi connectivity index (χ3n) is 2.80. The van der Waals surface area contributed by atoms with Crippen molar-refractivity contribution in [2.45, 2.75) is 11.8 Å². The number of hydrogen-bond donors (Lipinski definition) is 1. The van der Waals surface area contributed by atoms with E-state index in [9.17, 15) is 0 Å². The summed E-state index contributed by atoms with van der Waals surface area (Å²) in [5.41, 5.74) is 3.03. The number of aryl methyl sites for hydroxylation is 1. The first kappa shape index (κ1) is 12.0. The van der Waals surface area contributed by atoms with E-state index in [4.69, 9.17) is 0 Å². The SMILES string of the molecule is Cc1ccc(SNc2cccc3cccnc23)cn1. The van der Waals surface area contributed by atoms with E-state index in [0.717, 1.165) is 27.2 Å². The summed E-state index contributed by atoms with van der Waals surface area (Å²) < 4.78 is 3.34. The molecule has 3 aromatic rings. The van der Waals surface area contributed by atoms with Gasteiger partial charge in [-0.05, 0) is 43.1 Å². The highest BCUT2D eigenvalue weighted by Crippen LogP contribution is 2.26. The van der Waals surface area contributed by atoms with Crippen LogP contribution >= 0.6 is 11.9 Å².